The molecule has 166 valence electrons. The van der Waals surface area contributed by atoms with Crippen molar-refractivity contribution in [1.29, 1.82) is 0 Å². The number of carbonyl (C=O) groups excluding carboxylic acids is 1. The first-order valence-electron chi connectivity index (χ1n) is 10.5. The van der Waals surface area contributed by atoms with Crippen LogP contribution in [0.15, 0.2) is 77.7 Å². The molecule has 0 atom stereocenters. The van der Waals surface area contributed by atoms with Gasteiger partial charge in [-0.3, -0.25) is 9.52 Å². The highest BCUT2D eigenvalue weighted by atomic mass is 32.2. The van der Waals surface area contributed by atoms with Crippen molar-refractivity contribution in [3.8, 4) is 0 Å². The molecule has 1 aliphatic heterocycles. The lowest BCUT2D eigenvalue weighted by atomic mass is 10.1. The minimum absolute atomic E-state index is 0.0463. The number of hydrogen-bond donors (Lipinski definition) is 2. The number of benzene rings is 3. The van der Waals surface area contributed by atoms with E-state index in [4.69, 9.17) is 0 Å². The zero-order chi connectivity index (χ0) is 22.6. The molecule has 0 aliphatic carbocycles. The number of amides is 1. The monoisotopic (exact) mass is 453 g/mol. The Kier molecular flexibility index (Phi) is 6.41. The largest absolute Gasteiger partial charge is 0.370 e. The van der Waals surface area contributed by atoms with Crippen LogP contribution in [0.25, 0.3) is 0 Å². The molecule has 2 N–H and O–H groups in total. The molecule has 8 heteroatoms. The van der Waals surface area contributed by atoms with E-state index in [2.05, 4.69) is 14.9 Å². The van der Waals surface area contributed by atoms with Crippen LogP contribution in [0.2, 0.25) is 0 Å². The Morgan fingerprint density at radius 2 is 1.50 bits per heavy atom. The molecule has 3 aromatic carbocycles. The number of halogens is 1. The topological polar surface area (TPSA) is 78.5 Å². The van der Waals surface area contributed by atoms with Crippen LogP contribution >= 0.6 is 0 Å². The summed E-state index contributed by atoms with van der Waals surface area (Å²) in [4.78, 5) is 15.0. The molecular formula is C24H24FN3O3S. The van der Waals surface area contributed by atoms with Crippen LogP contribution in [0.3, 0.4) is 0 Å². The van der Waals surface area contributed by atoms with E-state index in [-0.39, 0.29) is 10.8 Å². The van der Waals surface area contributed by atoms with E-state index >= 15 is 0 Å². The van der Waals surface area contributed by atoms with Gasteiger partial charge in [0.1, 0.15) is 5.82 Å². The zero-order valence-corrected chi connectivity index (χ0v) is 18.2. The minimum Gasteiger partial charge on any atom is -0.370 e. The molecule has 0 aromatic heterocycles. The van der Waals surface area contributed by atoms with Gasteiger partial charge in [0.25, 0.3) is 15.9 Å². The number of carbonyl (C=O) groups is 1. The van der Waals surface area contributed by atoms with Gasteiger partial charge in [-0.25, -0.2) is 12.8 Å². The first-order chi connectivity index (χ1) is 15.4. The molecule has 1 saturated heterocycles. The first kappa shape index (κ1) is 21.8. The molecule has 1 heterocycles. The molecule has 4 rings (SSSR count). The standard InChI is InChI=1S/C24H24FN3O3S/c25-19-10-14-21(15-11-19)32(30,31)27-20-12-8-18(9-13-20)24(29)26-22-6-2-3-7-23(22)28-16-4-1-5-17-28/h2-3,6-15,27H,1,4-5,16-17H2,(H,26,29). The van der Waals surface area contributed by atoms with Gasteiger partial charge in [0.15, 0.2) is 0 Å². The number of hydrogen-bond acceptors (Lipinski definition) is 4. The van der Waals surface area contributed by atoms with Crippen LogP contribution in [0.5, 0.6) is 0 Å². The zero-order valence-electron chi connectivity index (χ0n) is 17.4. The Bertz CT molecular complexity index is 1190. The van der Waals surface area contributed by atoms with Gasteiger partial charge >= 0.3 is 0 Å². The number of nitrogens with zero attached hydrogens (tertiary/aromatic N) is 1. The molecule has 0 unspecified atom stereocenters. The van der Waals surface area contributed by atoms with Crippen molar-refractivity contribution in [2.45, 2.75) is 24.2 Å². The molecule has 0 spiro atoms. The fourth-order valence-corrected chi connectivity index (χ4v) is 4.76. The summed E-state index contributed by atoms with van der Waals surface area (Å²) in [5, 5.41) is 2.97. The van der Waals surface area contributed by atoms with Gasteiger partial charge < -0.3 is 10.2 Å². The second kappa shape index (κ2) is 9.40. The number of nitrogens with one attached hydrogen (secondary N) is 2. The molecule has 0 bridgehead atoms. The Labute approximate surface area is 187 Å². The quantitative estimate of drug-likeness (QED) is 0.558. The van der Waals surface area contributed by atoms with Crippen LogP contribution in [-0.4, -0.2) is 27.4 Å². The predicted molar refractivity (Wildman–Crippen MR) is 124 cm³/mol. The maximum atomic E-state index is 13.1. The van der Waals surface area contributed by atoms with Crippen LogP contribution in [-0.2, 0) is 10.0 Å². The number of piperidine rings is 1. The Hall–Kier alpha value is -3.39. The normalized spacial score (nSPS) is 14.1. The van der Waals surface area contributed by atoms with Gasteiger partial charge in [-0.2, -0.15) is 0 Å². The number of anilines is 3. The summed E-state index contributed by atoms with van der Waals surface area (Å²) in [6, 6.07) is 18.5. The maximum Gasteiger partial charge on any atom is 0.261 e. The minimum atomic E-state index is -3.85. The smallest absolute Gasteiger partial charge is 0.261 e. The van der Waals surface area contributed by atoms with Crippen LogP contribution < -0.4 is 14.9 Å². The number of rotatable bonds is 6. The van der Waals surface area contributed by atoms with E-state index in [1.807, 2.05) is 24.3 Å². The van der Waals surface area contributed by atoms with E-state index in [1.165, 1.54) is 30.7 Å². The molecular weight excluding hydrogens is 429 g/mol. The van der Waals surface area contributed by atoms with Crippen molar-refractivity contribution in [2.24, 2.45) is 0 Å². The van der Waals surface area contributed by atoms with Crippen molar-refractivity contribution in [2.75, 3.05) is 28.0 Å². The lowest BCUT2D eigenvalue weighted by Gasteiger charge is -2.30. The van der Waals surface area contributed by atoms with E-state index in [1.54, 1.807) is 12.1 Å². The summed E-state index contributed by atoms with van der Waals surface area (Å²) in [6.45, 7) is 1.94. The highest BCUT2D eigenvalue weighted by Gasteiger charge is 2.17. The average molecular weight is 454 g/mol. The summed E-state index contributed by atoms with van der Waals surface area (Å²) in [7, 11) is -3.85. The highest BCUT2D eigenvalue weighted by molar-refractivity contribution is 7.92. The van der Waals surface area contributed by atoms with E-state index in [9.17, 15) is 17.6 Å². The third-order valence-corrected chi connectivity index (χ3v) is 6.77. The second-order valence-corrected chi connectivity index (χ2v) is 9.34. The molecule has 0 saturated carbocycles. The lowest BCUT2D eigenvalue weighted by molar-refractivity contribution is 0.102. The van der Waals surface area contributed by atoms with Crippen LogP contribution in [0.4, 0.5) is 21.5 Å². The summed E-state index contributed by atoms with van der Waals surface area (Å²) < 4.78 is 40.4. The Morgan fingerprint density at radius 1 is 0.844 bits per heavy atom. The van der Waals surface area contributed by atoms with Gasteiger partial charge in [0, 0.05) is 24.3 Å². The predicted octanol–water partition coefficient (Wildman–Crippen LogP) is 4.87. The average Bonchev–Trinajstić information content (AvgIpc) is 2.80. The Balaban J connectivity index is 1.45. The van der Waals surface area contributed by atoms with Crippen LogP contribution in [0.1, 0.15) is 29.6 Å². The van der Waals surface area contributed by atoms with Crippen molar-refractivity contribution < 1.29 is 17.6 Å². The molecule has 6 nitrogen and oxygen atoms in total. The highest BCUT2D eigenvalue weighted by Crippen LogP contribution is 2.28. The van der Waals surface area contributed by atoms with Crippen molar-refractivity contribution in [1.82, 2.24) is 0 Å². The molecule has 3 aromatic rings. The van der Waals surface area contributed by atoms with E-state index < -0.39 is 15.8 Å². The second-order valence-electron chi connectivity index (χ2n) is 7.66. The fourth-order valence-electron chi connectivity index (χ4n) is 3.70. The molecule has 1 aliphatic rings. The molecule has 32 heavy (non-hydrogen) atoms. The maximum absolute atomic E-state index is 13.1. The SMILES string of the molecule is O=C(Nc1ccccc1N1CCCCC1)c1ccc(NS(=O)(=O)c2ccc(F)cc2)cc1. The summed E-state index contributed by atoms with van der Waals surface area (Å²) in [5.41, 5.74) is 2.47. The van der Waals surface area contributed by atoms with Gasteiger partial charge in [-0.1, -0.05) is 12.1 Å². The third-order valence-electron chi connectivity index (χ3n) is 5.37. The van der Waals surface area contributed by atoms with Crippen LogP contribution in [0, 0.1) is 5.82 Å². The van der Waals surface area contributed by atoms with Crippen molar-refractivity contribution in [3.63, 3.8) is 0 Å². The van der Waals surface area contributed by atoms with Crippen molar-refractivity contribution >= 4 is 33.0 Å². The van der Waals surface area contributed by atoms with E-state index in [0.29, 0.717) is 11.3 Å². The van der Waals surface area contributed by atoms with Gasteiger partial charge in [0.2, 0.25) is 0 Å². The summed E-state index contributed by atoms with van der Waals surface area (Å²) in [6.07, 6.45) is 3.50. The van der Waals surface area contributed by atoms with Gasteiger partial charge in [-0.15, -0.1) is 0 Å². The number of sulfonamides is 1. The summed E-state index contributed by atoms with van der Waals surface area (Å²) >= 11 is 0. The van der Waals surface area contributed by atoms with Crippen molar-refractivity contribution in [3.05, 3.63) is 84.2 Å². The molecule has 0 radical (unpaired) electrons. The van der Waals surface area contributed by atoms with Gasteiger partial charge in [-0.05, 0) is 79.9 Å². The van der Waals surface area contributed by atoms with Gasteiger partial charge in [0.05, 0.1) is 16.3 Å². The van der Waals surface area contributed by atoms with E-state index in [0.717, 1.165) is 49.4 Å². The Morgan fingerprint density at radius 3 is 2.19 bits per heavy atom. The summed E-state index contributed by atoms with van der Waals surface area (Å²) in [5.74, 6) is -0.788. The number of para-hydroxylation sites is 2. The molecule has 1 amide bonds. The molecule has 1 fully saturated rings. The third kappa shape index (κ3) is 5.08. The lowest BCUT2D eigenvalue weighted by Crippen LogP contribution is -2.30. The fraction of sp³-hybridized carbons (Fsp3) is 0.208. The first-order valence-corrected chi connectivity index (χ1v) is 11.9.